The Morgan fingerprint density at radius 3 is 1.25 bits per heavy atom. The lowest BCUT2D eigenvalue weighted by Crippen LogP contribution is -2.38. The summed E-state index contributed by atoms with van der Waals surface area (Å²) in [5, 5.41) is 5.65. The quantitative estimate of drug-likeness (QED) is 0.564. The molecule has 0 heterocycles. The van der Waals surface area contributed by atoms with Crippen molar-refractivity contribution < 1.29 is 19.1 Å². The molecule has 0 spiro atoms. The lowest BCUT2D eigenvalue weighted by molar-refractivity contribution is 0.0493. The summed E-state index contributed by atoms with van der Waals surface area (Å²) in [4.78, 5) is 22.7. The molecule has 6 N–H and O–H groups in total. The van der Waals surface area contributed by atoms with E-state index in [-0.39, 0.29) is 36.4 Å². The molecule has 0 radical (unpaired) electrons. The van der Waals surface area contributed by atoms with Gasteiger partial charge in [0.1, 0.15) is 11.2 Å². The molecule has 2 fully saturated rings. The van der Waals surface area contributed by atoms with Crippen molar-refractivity contribution in [1.82, 2.24) is 10.6 Å². The molecule has 2 aliphatic carbocycles. The Morgan fingerprint density at radius 1 is 0.714 bits per heavy atom. The summed E-state index contributed by atoms with van der Waals surface area (Å²) in [6.45, 7) is 11.1. The topological polar surface area (TPSA) is 129 Å². The number of nitrogens with one attached hydrogen (secondary N) is 2. The number of alkyl carbamates (subject to hydrolysis) is 2. The third kappa shape index (κ3) is 11.3. The molecule has 0 bridgehead atoms. The van der Waals surface area contributed by atoms with Crippen LogP contribution in [0.3, 0.4) is 0 Å². The fourth-order valence-corrected chi connectivity index (χ4v) is 3.24. The van der Waals surface area contributed by atoms with E-state index in [0.29, 0.717) is 0 Å². The van der Waals surface area contributed by atoms with E-state index in [2.05, 4.69) is 10.6 Å². The molecule has 8 nitrogen and oxygen atoms in total. The lowest BCUT2D eigenvalue weighted by Gasteiger charge is -2.21. The zero-order valence-corrected chi connectivity index (χ0v) is 18.3. The van der Waals surface area contributed by atoms with Crippen LogP contribution in [0.2, 0.25) is 0 Å². The second-order valence-electron chi connectivity index (χ2n) is 9.83. The van der Waals surface area contributed by atoms with Crippen LogP contribution in [0.4, 0.5) is 9.59 Å². The minimum absolute atomic E-state index is 0.194. The molecule has 4 atom stereocenters. The highest BCUT2D eigenvalue weighted by molar-refractivity contribution is 5.68. The maximum atomic E-state index is 11.3. The summed E-state index contributed by atoms with van der Waals surface area (Å²) in [7, 11) is 0. The molecule has 0 aromatic rings. The number of carbonyl (C=O) groups is 2. The Balaban J connectivity index is 0.000000280. The number of nitrogens with two attached hydrogens (primary N) is 2. The van der Waals surface area contributed by atoms with Gasteiger partial charge in [0.15, 0.2) is 0 Å². The zero-order valence-electron chi connectivity index (χ0n) is 18.3. The molecule has 2 amide bonds. The largest absolute Gasteiger partial charge is 0.444 e. The van der Waals surface area contributed by atoms with Crippen LogP contribution in [0.15, 0.2) is 0 Å². The molecule has 2 aliphatic rings. The van der Waals surface area contributed by atoms with E-state index < -0.39 is 11.2 Å². The smallest absolute Gasteiger partial charge is 0.407 e. The average Bonchev–Trinajstić information content (AvgIpc) is 3.04. The van der Waals surface area contributed by atoms with E-state index in [0.717, 1.165) is 38.5 Å². The Kier molecular flexibility index (Phi) is 9.01. The lowest BCUT2D eigenvalue weighted by atomic mass is 10.2. The van der Waals surface area contributed by atoms with Crippen LogP contribution in [0.1, 0.15) is 80.1 Å². The SMILES string of the molecule is CC(C)(C)OC(=O)N[C@@H]1CC[C@H](N)C1.CC(C)(C)OC(=O)N[C@H]1CC[C@@H](N)C1. The van der Waals surface area contributed by atoms with Crippen molar-refractivity contribution in [1.29, 1.82) is 0 Å². The van der Waals surface area contributed by atoms with Gasteiger partial charge in [-0.2, -0.15) is 0 Å². The average molecular weight is 401 g/mol. The number of ether oxygens (including phenoxy) is 2. The molecular formula is C20H40N4O4. The van der Waals surface area contributed by atoms with Gasteiger partial charge in [-0.3, -0.25) is 0 Å². The highest BCUT2D eigenvalue weighted by atomic mass is 16.6. The van der Waals surface area contributed by atoms with Gasteiger partial charge < -0.3 is 31.6 Å². The van der Waals surface area contributed by atoms with Gasteiger partial charge in [0.2, 0.25) is 0 Å². The standard InChI is InChI=1S/2C10H20N2O2/c2*1-10(2,3)14-9(13)12-8-5-4-7(11)6-8/h2*7-8H,4-6,11H2,1-3H3,(H,12,13)/t2*7-,8+/m10/s1. The van der Waals surface area contributed by atoms with E-state index >= 15 is 0 Å². The van der Waals surface area contributed by atoms with Crippen LogP contribution in [-0.4, -0.2) is 47.6 Å². The van der Waals surface area contributed by atoms with Gasteiger partial charge >= 0.3 is 12.2 Å². The van der Waals surface area contributed by atoms with Gasteiger partial charge in [0.25, 0.3) is 0 Å². The molecule has 28 heavy (non-hydrogen) atoms. The Morgan fingerprint density at radius 2 is 1.04 bits per heavy atom. The Hall–Kier alpha value is -1.54. The second-order valence-corrected chi connectivity index (χ2v) is 9.83. The molecule has 0 saturated heterocycles. The fraction of sp³-hybridized carbons (Fsp3) is 0.900. The number of hydrogen-bond acceptors (Lipinski definition) is 6. The monoisotopic (exact) mass is 400 g/mol. The highest BCUT2D eigenvalue weighted by Crippen LogP contribution is 2.18. The van der Waals surface area contributed by atoms with Crippen LogP contribution in [-0.2, 0) is 9.47 Å². The van der Waals surface area contributed by atoms with Crippen molar-refractivity contribution in [3.8, 4) is 0 Å². The van der Waals surface area contributed by atoms with Gasteiger partial charge in [-0.25, -0.2) is 9.59 Å². The number of carbonyl (C=O) groups excluding carboxylic acids is 2. The van der Waals surface area contributed by atoms with Crippen molar-refractivity contribution >= 4 is 12.2 Å². The summed E-state index contributed by atoms with van der Waals surface area (Å²) in [6.07, 6.45) is 4.94. The molecule has 164 valence electrons. The number of amides is 2. The first-order chi connectivity index (χ1) is 12.7. The fourth-order valence-electron chi connectivity index (χ4n) is 3.24. The molecule has 8 heteroatoms. The summed E-state index contributed by atoms with van der Waals surface area (Å²) < 4.78 is 10.3. The highest BCUT2D eigenvalue weighted by Gasteiger charge is 2.26. The molecule has 0 aromatic carbocycles. The second kappa shape index (κ2) is 10.3. The molecule has 2 saturated carbocycles. The predicted octanol–water partition coefficient (Wildman–Crippen LogP) is 2.78. The molecule has 0 aliphatic heterocycles. The first-order valence-electron chi connectivity index (χ1n) is 10.2. The van der Waals surface area contributed by atoms with Gasteiger partial charge in [0, 0.05) is 24.2 Å². The zero-order chi connectivity index (χ0) is 21.5. The minimum atomic E-state index is -0.426. The Bertz CT molecular complexity index is 467. The van der Waals surface area contributed by atoms with E-state index in [4.69, 9.17) is 20.9 Å². The number of hydrogen-bond donors (Lipinski definition) is 4. The molecule has 0 aromatic heterocycles. The first-order valence-corrected chi connectivity index (χ1v) is 10.2. The molecule has 0 unspecified atom stereocenters. The normalized spacial score (nSPS) is 27.4. The van der Waals surface area contributed by atoms with Gasteiger partial charge in [0.05, 0.1) is 0 Å². The Labute approximate surface area is 169 Å². The van der Waals surface area contributed by atoms with Crippen LogP contribution >= 0.6 is 0 Å². The summed E-state index contributed by atoms with van der Waals surface area (Å²) in [6, 6.07) is 0.851. The van der Waals surface area contributed by atoms with Crippen molar-refractivity contribution in [3.63, 3.8) is 0 Å². The molecular weight excluding hydrogens is 360 g/mol. The third-order valence-corrected chi connectivity index (χ3v) is 4.39. The van der Waals surface area contributed by atoms with Crippen LogP contribution < -0.4 is 22.1 Å². The summed E-state index contributed by atoms with van der Waals surface area (Å²) in [5.41, 5.74) is 10.6. The third-order valence-electron chi connectivity index (χ3n) is 4.39. The summed E-state index contributed by atoms with van der Waals surface area (Å²) >= 11 is 0. The van der Waals surface area contributed by atoms with Crippen LogP contribution in [0, 0.1) is 0 Å². The summed E-state index contributed by atoms with van der Waals surface area (Å²) in [5.74, 6) is 0. The minimum Gasteiger partial charge on any atom is -0.444 e. The van der Waals surface area contributed by atoms with Crippen molar-refractivity contribution in [3.05, 3.63) is 0 Å². The predicted molar refractivity (Wildman–Crippen MR) is 110 cm³/mol. The van der Waals surface area contributed by atoms with E-state index in [1.165, 1.54) is 0 Å². The maximum Gasteiger partial charge on any atom is 0.407 e. The van der Waals surface area contributed by atoms with E-state index in [1.54, 1.807) is 0 Å². The van der Waals surface area contributed by atoms with Crippen LogP contribution in [0.25, 0.3) is 0 Å². The van der Waals surface area contributed by atoms with Gasteiger partial charge in [-0.1, -0.05) is 0 Å². The maximum absolute atomic E-state index is 11.3. The van der Waals surface area contributed by atoms with E-state index in [1.807, 2.05) is 41.5 Å². The molecule has 2 rings (SSSR count). The van der Waals surface area contributed by atoms with Crippen LogP contribution in [0.5, 0.6) is 0 Å². The van der Waals surface area contributed by atoms with E-state index in [9.17, 15) is 9.59 Å². The first kappa shape index (κ1) is 24.5. The van der Waals surface area contributed by atoms with Gasteiger partial charge in [-0.05, 0) is 80.1 Å². The van der Waals surface area contributed by atoms with Crippen molar-refractivity contribution in [2.24, 2.45) is 11.5 Å². The number of rotatable bonds is 2. The van der Waals surface area contributed by atoms with Crippen molar-refractivity contribution in [2.75, 3.05) is 0 Å². The van der Waals surface area contributed by atoms with Crippen molar-refractivity contribution in [2.45, 2.75) is 115 Å². The van der Waals surface area contributed by atoms with Gasteiger partial charge in [-0.15, -0.1) is 0 Å².